The summed E-state index contributed by atoms with van der Waals surface area (Å²) in [6, 6.07) is 14.2. The molecule has 33 heavy (non-hydrogen) atoms. The van der Waals surface area contributed by atoms with Crippen molar-refractivity contribution in [3.05, 3.63) is 76.1 Å². The second-order valence-corrected chi connectivity index (χ2v) is 7.17. The lowest BCUT2D eigenvalue weighted by atomic mass is 10.1. The fraction of sp³-hybridized carbons (Fsp3) is 0.167. The van der Waals surface area contributed by atoms with Gasteiger partial charge in [-0.05, 0) is 41.0 Å². The number of fused-ring (bicyclic) bond motifs is 2. The summed E-state index contributed by atoms with van der Waals surface area (Å²) in [5.74, 6) is -4.09. The summed E-state index contributed by atoms with van der Waals surface area (Å²) in [4.78, 5) is 23.8. The fourth-order valence-corrected chi connectivity index (χ4v) is 3.42. The number of aliphatic carboxylic acids is 1. The van der Waals surface area contributed by atoms with Crippen molar-refractivity contribution in [2.45, 2.75) is 19.5 Å². The van der Waals surface area contributed by atoms with E-state index >= 15 is 0 Å². The van der Waals surface area contributed by atoms with E-state index in [4.69, 9.17) is 13.9 Å². The van der Waals surface area contributed by atoms with Crippen molar-refractivity contribution in [1.82, 2.24) is 0 Å². The third kappa shape index (κ3) is 4.48. The van der Waals surface area contributed by atoms with Crippen molar-refractivity contribution in [2.24, 2.45) is 0 Å². The van der Waals surface area contributed by atoms with Crippen LogP contribution in [0, 0.1) is 0 Å². The van der Waals surface area contributed by atoms with Crippen LogP contribution in [0.4, 0.5) is 13.2 Å². The largest absolute Gasteiger partial charge is 0.546 e. The first-order valence-electron chi connectivity index (χ1n) is 9.87. The molecule has 6 nitrogen and oxygen atoms in total. The Hall–Kier alpha value is -4.01. The first-order valence-corrected chi connectivity index (χ1v) is 9.87. The maximum absolute atomic E-state index is 13.8. The molecular weight excluding hydrogens is 441 g/mol. The Balaban J connectivity index is 1.88. The number of alkyl halides is 3. The zero-order valence-corrected chi connectivity index (χ0v) is 17.2. The lowest BCUT2D eigenvalue weighted by molar-refractivity contribution is -0.307. The topological polar surface area (TPSA) is 88.8 Å². The summed E-state index contributed by atoms with van der Waals surface area (Å²) >= 11 is 0. The van der Waals surface area contributed by atoms with Gasteiger partial charge in [0.1, 0.15) is 23.7 Å². The average Bonchev–Trinajstić information content (AvgIpc) is 2.78. The van der Waals surface area contributed by atoms with Gasteiger partial charge in [0.25, 0.3) is 5.76 Å². The van der Waals surface area contributed by atoms with Crippen molar-refractivity contribution in [3.8, 4) is 17.2 Å². The Morgan fingerprint density at radius 2 is 1.79 bits per heavy atom. The van der Waals surface area contributed by atoms with Gasteiger partial charge in [0.05, 0.1) is 11.4 Å². The molecule has 1 heterocycles. The van der Waals surface area contributed by atoms with Crippen LogP contribution in [0.5, 0.6) is 17.2 Å². The predicted octanol–water partition coefficient (Wildman–Crippen LogP) is 4.45. The molecule has 0 saturated heterocycles. The number of carboxylic acid groups (broad SMARTS) is 1. The van der Waals surface area contributed by atoms with Crippen molar-refractivity contribution >= 4 is 27.7 Å². The summed E-state index contributed by atoms with van der Waals surface area (Å²) in [5.41, 5.74) is -1.02. The lowest BCUT2D eigenvalue weighted by Crippen LogP contribution is -2.29. The minimum Gasteiger partial charge on any atom is -0.546 e. The van der Waals surface area contributed by atoms with E-state index in [-0.39, 0.29) is 16.9 Å². The highest BCUT2D eigenvalue weighted by Crippen LogP contribution is 2.39. The minimum absolute atomic E-state index is 0.0197. The lowest BCUT2D eigenvalue weighted by Gasteiger charge is -2.16. The number of rotatable bonds is 6. The van der Waals surface area contributed by atoms with Crippen LogP contribution in [-0.4, -0.2) is 12.6 Å². The van der Waals surface area contributed by atoms with E-state index in [1.54, 1.807) is 25.1 Å². The van der Waals surface area contributed by atoms with Crippen molar-refractivity contribution in [1.29, 1.82) is 0 Å². The Morgan fingerprint density at radius 1 is 1.06 bits per heavy atom. The SMILES string of the molecule is CCc1cc2c(=O)c(Oc3ccc4ccccc4c3)c(C(F)(F)F)oc2cc1OCC(=O)[O-]. The summed E-state index contributed by atoms with van der Waals surface area (Å²) in [5, 5.41) is 12.1. The molecule has 0 unspecified atom stereocenters. The van der Waals surface area contributed by atoms with E-state index in [0.717, 1.165) is 16.8 Å². The van der Waals surface area contributed by atoms with Crippen LogP contribution in [0.2, 0.25) is 0 Å². The molecule has 0 aliphatic rings. The second-order valence-electron chi connectivity index (χ2n) is 7.17. The van der Waals surface area contributed by atoms with E-state index in [2.05, 4.69) is 0 Å². The molecule has 0 spiro atoms. The molecule has 0 aliphatic heterocycles. The monoisotopic (exact) mass is 457 g/mol. The molecule has 0 atom stereocenters. The number of hydrogen-bond acceptors (Lipinski definition) is 6. The van der Waals surface area contributed by atoms with Crippen molar-refractivity contribution in [3.63, 3.8) is 0 Å². The Kier molecular flexibility index (Phi) is 5.71. The molecule has 0 N–H and O–H groups in total. The van der Waals surface area contributed by atoms with Gasteiger partial charge in [0, 0.05) is 6.07 Å². The van der Waals surface area contributed by atoms with E-state index in [1.165, 1.54) is 18.2 Å². The molecule has 0 fully saturated rings. The van der Waals surface area contributed by atoms with Crippen LogP contribution in [0.25, 0.3) is 21.7 Å². The molecule has 9 heteroatoms. The van der Waals surface area contributed by atoms with Crippen molar-refractivity contribution in [2.75, 3.05) is 6.61 Å². The highest BCUT2D eigenvalue weighted by Gasteiger charge is 2.40. The standard InChI is InChI=1S/C24H17F3O6/c1-2-13-10-17-19(11-18(13)31-12-20(28)29)33-23(24(25,26)27)22(21(17)30)32-16-8-7-14-5-3-4-6-15(14)9-16/h3-11H,2,12H2,1H3,(H,28,29)/p-1. The van der Waals surface area contributed by atoms with Gasteiger partial charge >= 0.3 is 6.18 Å². The van der Waals surface area contributed by atoms with E-state index in [1.807, 2.05) is 12.1 Å². The number of carbonyl (C=O) groups is 1. The molecule has 3 aromatic carbocycles. The summed E-state index contributed by atoms with van der Waals surface area (Å²) in [7, 11) is 0. The summed E-state index contributed by atoms with van der Waals surface area (Å²) in [6.07, 6.45) is -4.71. The number of benzene rings is 3. The van der Waals surface area contributed by atoms with E-state index in [0.29, 0.717) is 12.0 Å². The van der Waals surface area contributed by atoms with Crippen LogP contribution in [-0.2, 0) is 17.4 Å². The fourth-order valence-electron chi connectivity index (χ4n) is 3.42. The molecule has 0 radical (unpaired) electrons. The maximum Gasteiger partial charge on any atom is 0.453 e. The van der Waals surface area contributed by atoms with Gasteiger partial charge in [0.2, 0.25) is 11.2 Å². The van der Waals surface area contributed by atoms with Gasteiger partial charge in [-0.25, -0.2) is 0 Å². The van der Waals surface area contributed by atoms with Gasteiger partial charge < -0.3 is 23.8 Å². The third-order valence-electron chi connectivity index (χ3n) is 4.96. The number of carbonyl (C=O) groups excluding carboxylic acids is 1. The average molecular weight is 457 g/mol. The Morgan fingerprint density at radius 3 is 2.45 bits per heavy atom. The summed E-state index contributed by atoms with van der Waals surface area (Å²) < 4.78 is 56.9. The third-order valence-corrected chi connectivity index (χ3v) is 4.96. The number of halogens is 3. The number of aryl methyl sites for hydroxylation is 1. The smallest absolute Gasteiger partial charge is 0.453 e. The van der Waals surface area contributed by atoms with Crippen LogP contribution in [0.1, 0.15) is 18.2 Å². The van der Waals surface area contributed by atoms with E-state index < -0.39 is 41.3 Å². The van der Waals surface area contributed by atoms with Gasteiger partial charge in [-0.15, -0.1) is 0 Å². The molecule has 170 valence electrons. The molecule has 4 aromatic rings. The summed E-state index contributed by atoms with van der Waals surface area (Å²) in [6.45, 7) is 0.906. The van der Waals surface area contributed by atoms with Gasteiger partial charge in [-0.1, -0.05) is 37.3 Å². The Labute approximate surface area is 184 Å². The number of ether oxygens (including phenoxy) is 2. The quantitative estimate of drug-likeness (QED) is 0.425. The molecular formula is C24H16F3O6-. The molecule has 0 amide bonds. The van der Waals surface area contributed by atoms with Crippen LogP contribution in [0.3, 0.4) is 0 Å². The molecule has 0 saturated carbocycles. The van der Waals surface area contributed by atoms with Crippen LogP contribution in [0.15, 0.2) is 63.8 Å². The van der Waals surface area contributed by atoms with Crippen molar-refractivity contribution < 1.29 is 37.0 Å². The first kappa shape index (κ1) is 22.2. The number of hydrogen-bond donors (Lipinski definition) is 0. The minimum atomic E-state index is -5.03. The van der Waals surface area contributed by atoms with Gasteiger partial charge in [-0.2, -0.15) is 13.2 Å². The predicted molar refractivity (Wildman–Crippen MR) is 111 cm³/mol. The zero-order chi connectivity index (χ0) is 23.8. The number of carboxylic acids is 1. The molecule has 4 rings (SSSR count). The highest BCUT2D eigenvalue weighted by atomic mass is 19.4. The van der Waals surface area contributed by atoms with Gasteiger partial charge in [0.15, 0.2) is 0 Å². The van der Waals surface area contributed by atoms with Crippen LogP contribution >= 0.6 is 0 Å². The van der Waals surface area contributed by atoms with Gasteiger partial charge in [-0.3, -0.25) is 4.79 Å². The van der Waals surface area contributed by atoms with E-state index in [9.17, 15) is 27.9 Å². The molecule has 1 aromatic heterocycles. The second kappa shape index (κ2) is 8.50. The maximum atomic E-state index is 13.8. The normalized spacial score (nSPS) is 11.6. The molecule has 0 bridgehead atoms. The zero-order valence-electron chi connectivity index (χ0n) is 17.2. The highest BCUT2D eigenvalue weighted by molar-refractivity contribution is 5.84. The van der Waals surface area contributed by atoms with Crippen LogP contribution < -0.4 is 20.0 Å². The molecule has 0 aliphatic carbocycles. The Bertz CT molecular complexity index is 1420. The first-order chi connectivity index (χ1) is 15.7.